The summed E-state index contributed by atoms with van der Waals surface area (Å²) in [6, 6.07) is 3.91. The van der Waals surface area contributed by atoms with Crippen LogP contribution >= 0.6 is 0 Å². The van der Waals surface area contributed by atoms with Crippen LogP contribution in [0.1, 0.15) is 19.0 Å². The molecule has 2 unspecified atom stereocenters. The van der Waals surface area contributed by atoms with Gasteiger partial charge in [-0.25, -0.2) is 0 Å². The van der Waals surface area contributed by atoms with E-state index in [9.17, 15) is 0 Å². The Morgan fingerprint density at radius 2 is 2.27 bits per heavy atom. The number of hydrogen-bond donors (Lipinski definition) is 1. The lowest BCUT2D eigenvalue weighted by molar-refractivity contribution is 0.304. The van der Waals surface area contributed by atoms with Gasteiger partial charge in [0.2, 0.25) is 0 Å². The van der Waals surface area contributed by atoms with E-state index < -0.39 is 0 Å². The van der Waals surface area contributed by atoms with Crippen molar-refractivity contribution in [1.29, 1.82) is 0 Å². The van der Waals surface area contributed by atoms with Crippen molar-refractivity contribution in [2.45, 2.75) is 19.9 Å². The summed E-state index contributed by atoms with van der Waals surface area (Å²) in [6.45, 7) is 4.43. The number of nitrogens with two attached hydrogens (primary N) is 1. The fourth-order valence-electron chi connectivity index (χ4n) is 1.92. The third kappa shape index (κ3) is 2.93. The smallest absolute Gasteiger partial charge is 0.0545 e. The highest BCUT2D eigenvalue weighted by atomic mass is 15.1. The monoisotopic (exact) mass is 205 g/mol. The maximum atomic E-state index is 5.59. The maximum absolute atomic E-state index is 5.59. The molecule has 0 amide bonds. The molecule has 0 spiro atoms. The number of aromatic nitrogens is 1. The second-order valence-corrected chi connectivity index (χ2v) is 4.75. The van der Waals surface area contributed by atoms with Crippen molar-refractivity contribution in [1.82, 2.24) is 9.88 Å². The first kappa shape index (κ1) is 10.4. The second-order valence-electron chi connectivity index (χ2n) is 4.75. The summed E-state index contributed by atoms with van der Waals surface area (Å²) in [5.41, 5.74) is 7.42. The quantitative estimate of drug-likeness (QED) is 0.814. The van der Waals surface area contributed by atoms with Crippen LogP contribution in [0.2, 0.25) is 0 Å². The molecule has 1 aliphatic rings. The Balaban J connectivity index is 1.82. The third-order valence-corrected chi connectivity index (χ3v) is 3.10. The molecule has 1 aromatic rings. The van der Waals surface area contributed by atoms with Crippen LogP contribution in [0.25, 0.3) is 0 Å². The Labute approximate surface area is 91.3 Å². The van der Waals surface area contributed by atoms with Gasteiger partial charge in [0.1, 0.15) is 0 Å². The van der Waals surface area contributed by atoms with Gasteiger partial charge in [0.25, 0.3) is 0 Å². The van der Waals surface area contributed by atoms with Crippen molar-refractivity contribution < 1.29 is 0 Å². The first-order valence-corrected chi connectivity index (χ1v) is 5.54. The average Bonchev–Trinajstić information content (AvgIpc) is 2.86. The minimum Gasteiger partial charge on any atom is -0.397 e. The summed E-state index contributed by atoms with van der Waals surface area (Å²) in [5, 5.41) is 0. The lowest BCUT2D eigenvalue weighted by Gasteiger charge is -2.15. The van der Waals surface area contributed by atoms with Crippen LogP contribution in [-0.2, 0) is 6.54 Å². The first-order valence-electron chi connectivity index (χ1n) is 5.54. The average molecular weight is 205 g/mol. The van der Waals surface area contributed by atoms with Crippen LogP contribution in [0.15, 0.2) is 18.3 Å². The second kappa shape index (κ2) is 4.19. The Kier molecular flexibility index (Phi) is 2.91. The van der Waals surface area contributed by atoms with Gasteiger partial charge >= 0.3 is 0 Å². The molecule has 0 bridgehead atoms. The number of nitrogen functional groups attached to an aromatic ring is 1. The van der Waals surface area contributed by atoms with E-state index in [1.165, 1.54) is 13.0 Å². The minimum absolute atomic E-state index is 0.734. The minimum atomic E-state index is 0.734. The summed E-state index contributed by atoms with van der Waals surface area (Å²) in [6.07, 6.45) is 3.11. The molecule has 1 saturated carbocycles. The summed E-state index contributed by atoms with van der Waals surface area (Å²) >= 11 is 0. The molecule has 82 valence electrons. The zero-order chi connectivity index (χ0) is 10.8. The maximum Gasteiger partial charge on any atom is 0.0545 e. The van der Waals surface area contributed by atoms with Crippen molar-refractivity contribution in [3.8, 4) is 0 Å². The molecule has 15 heavy (non-hydrogen) atoms. The number of anilines is 1. The van der Waals surface area contributed by atoms with Crippen molar-refractivity contribution in [3.63, 3.8) is 0 Å². The summed E-state index contributed by atoms with van der Waals surface area (Å²) in [4.78, 5) is 6.64. The number of nitrogens with zero attached hydrogens (tertiary/aromatic N) is 2. The largest absolute Gasteiger partial charge is 0.397 e. The van der Waals surface area contributed by atoms with Gasteiger partial charge in [-0.2, -0.15) is 0 Å². The van der Waals surface area contributed by atoms with Gasteiger partial charge in [0.05, 0.1) is 17.6 Å². The molecule has 1 aromatic heterocycles. The SMILES string of the molecule is CC1CC1CN(C)Cc1ccc(N)cn1. The Hall–Kier alpha value is -1.09. The summed E-state index contributed by atoms with van der Waals surface area (Å²) < 4.78 is 0. The Morgan fingerprint density at radius 1 is 1.53 bits per heavy atom. The first-order chi connectivity index (χ1) is 7.15. The lowest BCUT2D eigenvalue weighted by Crippen LogP contribution is -2.21. The fourth-order valence-corrected chi connectivity index (χ4v) is 1.92. The molecule has 3 heteroatoms. The number of pyridine rings is 1. The van der Waals surface area contributed by atoms with Crippen molar-refractivity contribution in [2.24, 2.45) is 11.8 Å². The van der Waals surface area contributed by atoms with Gasteiger partial charge in [-0.05, 0) is 37.4 Å². The molecule has 2 atom stereocenters. The molecule has 0 radical (unpaired) electrons. The Morgan fingerprint density at radius 3 is 2.80 bits per heavy atom. The Bertz CT molecular complexity index is 320. The predicted molar refractivity (Wildman–Crippen MR) is 62.3 cm³/mol. The van der Waals surface area contributed by atoms with Crippen LogP contribution in [-0.4, -0.2) is 23.5 Å². The summed E-state index contributed by atoms with van der Waals surface area (Å²) in [7, 11) is 2.16. The van der Waals surface area contributed by atoms with E-state index in [0.717, 1.165) is 29.8 Å². The van der Waals surface area contributed by atoms with E-state index in [4.69, 9.17) is 5.73 Å². The normalized spacial score (nSPS) is 24.5. The van der Waals surface area contributed by atoms with Crippen LogP contribution in [0, 0.1) is 11.8 Å². The summed E-state index contributed by atoms with van der Waals surface area (Å²) in [5.74, 6) is 1.83. The zero-order valence-electron chi connectivity index (χ0n) is 9.48. The zero-order valence-corrected chi connectivity index (χ0v) is 9.48. The van der Waals surface area contributed by atoms with Gasteiger partial charge < -0.3 is 10.6 Å². The van der Waals surface area contributed by atoms with Crippen molar-refractivity contribution in [2.75, 3.05) is 19.3 Å². The molecule has 0 aliphatic heterocycles. The van der Waals surface area contributed by atoms with Crippen molar-refractivity contribution in [3.05, 3.63) is 24.0 Å². The van der Waals surface area contributed by atoms with Gasteiger partial charge in [-0.3, -0.25) is 4.98 Å². The number of hydrogen-bond acceptors (Lipinski definition) is 3. The van der Waals surface area contributed by atoms with Crippen LogP contribution in [0.5, 0.6) is 0 Å². The molecule has 0 saturated heterocycles. The highest BCUT2D eigenvalue weighted by Gasteiger charge is 2.32. The van der Waals surface area contributed by atoms with Crippen LogP contribution in [0.3, 0.4) is 0 Å². The molecule has 2 N–H and O–H groups in total. The molecular formula is C12H19N3. The van der Waals surface area contributed by atoms with E-state index in [1.807, 2.05) is 12.1 Å². The molecule has 2 rings (SSSR count). The molecule has 1 aliphatic carbocycles. The highest BCUT2D eigenvalue weighted by molar-refractivity contribution is 5.34. The van der Waals surface area contributed by atoms with Crippen LogP contribution in [0.4, 0.5) is 5.69 Å². The molecule has 0 aromatic carbocycles. The van der Waals surface area contributed by atoms with E-state index in [1.54, 1.807) is 6.20 Å². The van der Waals surface area contributed by atoms with Gasteiger partial charge in [0, 0.05) is 13.1 Å². The fraction of sp³-hybridized carbons (Fsp3) is 0.583. The van der Waals surface area contributed by atoms with E-state index in [2.05, 4.69) is 23.9 Å². The number of rotatable bonds is 4. The highest BCUT2D eigenvalue weighted by Crippen LogP contribution is 2.38. The lowest BCUT2D eigenvalue weighted by atomic mass is 10.3. The topological polar surface area (TPSA) is 42.1 Å². The van der Waals surface area contributed by atoms with Gasteiger partial charge in [-0.15, -0.1) is 0 Å². The third-order valence-electron chi connectivity index (χ3n) is 3.10. The van der Waals surface area contributed by atoms with Gasteiger partial charge in [0.15, 0.2) is 0 Å². The van der Waals surface area contributed by atoms with Gasteiger partial charge in [-0.1, -0.05) is 6.92 Å². The van der Waals surface area contributed by atoms with Crippen molar-refractivity contribution >= 4 is 5.69 Å². The molecule has 3 nitrogen and oxygen atoms in total. The standard InChI is InChI=1S/C12H19N3/c1-9-5-10(9)7-15(2)8-12-4-3-11(13)6-14-12/h3-4,6,9-10H,5,7-8,13H2,1-2H3. The van der Waals surface area contributed by atoms with E-state index >= 15 is 0 Å². The van der Waals surface area contributed by atoms with E-state index in [0.29, 0.717) is 0 Å². The predicted octanol–water partition coefficient (Wildman–Crippen LogP) is 1.75. The van der Waals surface area contributed by atoms with E-state index in [-0.39, 0.29) is 0 Å². The molecule has 1 fully saturated rings. The molecule has 1 heterocycles. The molecular weight excluding hydrogens is 186 g/mol. The van der Waals surface area contributed by atoms with Crippen LogP contribution < -0.4 is 5.73 Å².